The van der Waals surface area contributed by atoms with E-state index in [4.69, 9.17) is 8.94 Å². The summed E-state index contributed by atoms with van der Waals surface area (Å²) in [5.41, 5.74) is 0.204. The summed E-state index contributed by atoms with van der Waals surface area (Å²) in [4.78, 5) is 15.7. The molecule has 0 saturated carbocycles. The van der Waals surface area contributed by atoms with Gasteiger partial charge in [0, 0.05) is 12.6 Å². The summed E-state index contributed by atoms with van der Waals surface area (Å²) < 4.78 is 11.8. The van der Waals surface area contributed by atoms with E-state index in [0.717, 1.165) is 0 Å². The maximum Gasteiger partial charge on any atom is 0.273 e. The lowest BCUT2D eigenvalue weighted by Gasteiger charge is -2.01. The van der Waals surface area contributed by atoms with Crippen LogP contribution in [0.3, 0.4) is 0 Å². The summed E-state index contributed by atoms with van der Waals surface area (Å²) in [7, 11) is 0. The number of hydrogen-bond acceptors (Lipinski definition) is 6. The monoisotopic (exact) mass is 273 g/mol. The Hall–Kier alpha value is -2.90. The van der Waals surface area contributed by atoms with Crippen molar-refractivity contribution in [2.24, 2.45) is 0 Å². The van der Waals surface area contributed by atoms with Crippen molar-refractivity contribution in [2.75, 3.05) is 6.54 Å². The number of carbonyl (C=O) groups excluding carboxylic acids is 1. The van der Waals surface area contributed by atoms with E-state index in [-0.39, 0.29) is 11.6 Å². The Balaban J connectivity index is 1.57. The molecule has 1 N–H and O–H groups in total. The van der Waals surface area contributed by atoms with E-state index in [0.29, 0.717) is 24.6 Å². The van der Waals surface area contributed by atoms with Crippen LogP contribution in [0.4, 0.5) is 0 Å². The van der Waals surface area contributed by atoms with Crippen molar-refractivity contribution in [3.8, 4) is 11.5 Å². The third-order valence-electron chi connectivity index (χ3n) is 2.60. The molecule has 20 heavy (non-hydrogen) atoms. The van der Waals surface area contributed by atoms with Crippen molar-refractivity contribution in [3.05, 3.63) is 42.8 Å². The van der Waals surface area contributed by atoms with Crippen LogP contribution in [0.25, 0.3) is 11.5 Å². The first-order valence-electron chi connectivity index (χ1n) is 5.94. The fraction of sp³-hybridized carbons (Fsp3) is 0.167. The van der Waals surface area contributed by atoms with E-state index in [9.17, 15) is 4.79 Å². The number of amides is 1. The topological polar surface area (TPSA) is 99.0 Å². The van der Waals surface area contributed by atoms with Gasteiger partial charge in [0.1, 0.15) is 12.7 Å². The molecule has 0 aliphatic carbocycles. The first-order chi connectivity index (χ1) is 9.83. The Labute approximate surface area is 113 Å². The van der Waals surface area contributed by atoms with E-state index >= 15 is 0 Å². The molecule has 8 nitrogen and oxygen atoms in total. The molecule has 3 aromatic heterocycles. The van der Waals surface area contributed by atoms with Crippen molar-refractivity contribution >= 4 is 5.91 Å². The van der Waals surface area contributed by atoms with Crippen LogP contribution in [0, 0.1) is 0 Å². The highest BCUT2D eigenvalue weighted by molar-refractivity contribution is 5.92. The minimum Gasteiger partial charge on any atom is -0.461 e. The normalized spacial score (nSPS) is 10.6. The lowest BCUT2D eigenvalue weighted by Crippen LogP contribution is -2.27. The number of carbonyl (C=O) groups is 1. The fourth-order valence-electron chi connectivity index (χ4n) is 1.64. The van der Waals surface area contributed by atoms with Gasteiger partial charge in [0.25, 0.3) is 5.91 Å². The van der Waals surface area contributed by atoms with Crippen LogP contribution in [-0.4, -0.2) is 32.4 Å². The quantitative estimate of drug-likeness (QED) is 0.743. The van der Waals surface area contributed by atoms with Crippen LogP contribution in [0.15, 0.2) is 46.1 Å². The second-order valence-corrected chi connectivity index (χ2v) is 3.97. The number of furan rings is 1. The average molecular weight is 273 g/mol. The molecule has 0 bridgehead atoms. The van der Waals surface area contributed by atoms with Gasteiger partial charge in [-0.05, 0) is 12.1 Å². The molecule has 0 spiro atoms. The molecular formula is C12H11N5O3. The van der Waals surface area contributed by atoms with Crippen molar-refractivity contribution < 1.29 is 13.7 Å². The maximum atomic E-state index is 11.8. The highest BCUT2D eigenvalue weighted by atomic mass is 16.5. The van der Waals surface area contributed by atoms with E-state index in [2.05, 4.69) is 20.6 Å². The summed E-state index contributed by atoms with van der Waals surface area (Å²) in [6.45, 7) is 0.958. The number of aromatic nitrogens is 4. The lowest BCUT2D eigenvalue weighted by molar-refractivity contribution is 0.0943. The molecule has 0 aliphatic heterocycles. The molecule has 0 saturated heterocycles. The minimum atomic E-state index is -0.313. The van der Waals surface area contributed by atoms with E-state index in [1.165, 1.54) is 18.7 Å². The SMILES string of the molecule is O=C(NCCn1cncn1)c1cc(-c2ccco2)on1. The van der Waals surface area contributed by atoms with Gasteiger partial charge in [-0.2, -0.15) is 5.10 Å². The highest BCUT2D eigenvalue weighted by Gasteiger charge is 2.14. The third-order valence-corrected chi connectivity index (χ3v) is 2.60. The first kappa shape index (κ1) is 12.2. The first-order valence-corrected chi connectivity index (χ1v) is 5.94. The molecule has 3 aromatic rings. The van der Waals surface area contributed by atoms with Gasteiger partial charge in [-0.3, -0.25) is 9.48 Å². The summed E-state index contributed by atoms with van der Waals surface area (Å²) in [6, 6.07) is 4.99. The maximum absolute atomic E-state index is 11.8. The van der Waals surface area contributed by atoms with Gasteiger partial charge >= 0.3 is 0 Å². The summed E-state index contributed by atoms with van der Waals surface area (Å²) in [5.74, 6) is 0.627. The van der Waals surface area contributed by atoms with Gasteiger partial charge in [-0.25, -0.2) is 4.98 Å². The Morgan fingerprint density at radius 2 is 2.35 bits per heavy atom. The number of rotatable bonds is 5. The molecule has 1 amide bonds. The van der Waals surface area contributed by atoms with Crippen LogP contribution >= 0.6 is 0 Å². The Morgan fingerprint density at radius 1 is 1.40 bits per heavy atom. The highest BCUT2D eigenvalue weighted by Crippen LogP contribution is 2.20. The molecule has 3 heterocycles. The van der Waals surface area contributed by atoms with Crippen molar-refractivity contribution in [2.45, 2.75) is 6.54 Å². The molecule has 0 unspecified atom stereocenters. The fourth-order valence-corrected chi connectivity index (χ4v) is 1.64. The molecular weight excluding hydrogens is 262 g/mol. The zero-order valence-corrected chi connectivity index (χ0v) is 10.4. The third kappa shape index (κ3) is 2.58. The molecule has 102 valence electrons. The van der Waals surface area contributed by atoms with E-state index in [1.807, 2.05) is 0 Å². The number of nitrogens with one attached hydrogen (secondary N) is 1. The molecule has 0 aliphatic rings. The Kier molecular flexibility index (Phi) is 3.27. The standard InChI is InChI=1S/C12H11N5O3/c18-12(14-3-4-17-8-13-7-15-17)9-6-11(20-16-9)10-2-1-5-19-10/h1-2,5-8H,3-4H2,(H,14,18). The van der Waals surface area contributed by atoms with Gasteiger partial charge in [0.2, 0.25) is 5.76 Å². The molecule has 8 heteroatoms. The van der Waals surface area contributed by atoms with Crippen LogP contribution in [0.5, 0.6) is 0 Å². The Morgan fingerprint density at radius 3 is 3.10 bits per heavy atom. The van der Waals surface area contributed by atoms with Crippen LogP contribution in [0.1, 0.15) is 10.5 Å². The lowest BCUT2D eigenvalue weighted by atomic mass is 10.3. The van der Waals surface area contributed by atoms with Gasteiger partial charge in [-0.15, -0.1) is 0 Å². The van der Waals surface area contributed by atoms with Crippen LogP contribution in [-0.2, 0) is 6.54 Å². The van der Waals surface area contributed by atoms with Gasteiger partial charge in [0.15, 0.2) is 11.5 Å². The van der Waals surface area contributed by atoms with Gasteiger partial charge in [-0.1, -0.05) is 5.16 Å². The predicted molar refractivity (Wildman–Crippen MR) is 66.6 cm³/mol. The molecule has 0 radical (unpaired) electrons. The summed E-state index contributed by atoms with van der Waals surface area (Å²) in [5, 5.41) is 10.4. The van der Waals surface area contributed by atoms with Crippen molar-refractivity contribution in [1.82, 2.24) is 25.2 Å². The summed E-state index contributed by atoms with van der Waals surface area (Å²) in [6.07, 6.45) is 4.54. The number of hydrogen-bond donors (Lipinski definition) is 1. The summed E-state index contributed by atoms with van der Waals surface area (Å²) >= 11 is 0. The van der Waals surface area contributed by atoms with Crippen molar-refractivity contribution in [1.29, 1.82) is 0 Å². The molecule has 0 fully saturated rings. The van der Waals surface area contributed by atoms with Crippen LogP contribution < -0.4 is 5.32 Å². The second kappa shape index (κ2) is 5.39. The molecule has 0 aromatic carbocycles. The predicted octanol–water partition coefficient (Wildman–Crippen LogP) is 0.956. The minimum absolute atomic E-state index is 0.204. The molecule has 0 atom stereocenters. The zero-order valence-electron chi connectivity index (χ0n) is 10.4. The van der Waals surface area contributed by atoms with Gasteiger partial charge in [0.05, 0.1) is 12.8 Å². The number of nitrogens with zero attached hydrogens (tertiary/aromatic N) is 4. The molecule has 3 rings (SSSR count). The Bertz CT molecular complexity index is 672. The van der Waals surface area contributed by atoms with E-state index < -0.39 is 0 Å². The zero-order chi connectivity index (χ0) is 13.8. The average Bonchev–Trinajstić information content (AvgIpc) is 3.20. The van der Waals surface area contributed by atoms with Gasteiger partial charge < -0.3 is 14.3 Å². The largest absolute Gasteiger partial charge is 0.461 e. The van der Waals surface area contributed by atoms with E-state index in [1.54, 1.807) is 23.1 Å². The van der Waals surface area contributed by atoms with Crippen LogP contribution in [0.2, 0.25) is 0 Å². The second-order valence-electron chi connectivity index (χ2n) is 3.97. The van der Waals surface area contributed by atoms with Crippen molar-refractivity contribution in [3.63, 3.8) is 0 Å². The smallest absolute Gasteiger partial charge is 0.273 e.